The smallest absolute Gasteiger partial charge is 0.365 e. The number of nitrogens with zero attached hydrogens (tertiary/aromatic N) is 3. The molecule has 9 heteroatoms. The number of nitrogens with two attached hydrogens (primary N) is 1. The molecule has 0 fully saturated rings. The number of nitrogens with one attached hydrogen (secondary N) is 1. The van der Waals surface area contributed by atoms with Crippen molar-refractivity contribution < 1.29 is 17.6 Å². The van der Waals surface area contributed by atoms with Gasteiger partial charge >= 0.3 is 12.3 Å². The number of alkyl halides is 4. The van der Waals surface area contributed by atoms with Crippen LogP contribution in [0.15, 0.2) is 30.3 Å². The molecule has 0 aliphatic heterocycles. The van der Waals surface area contributed by atoms with Crippen LogP contribution in [0.5, 0.6) is 0 Å². The van der Waals surface area contributed by atoms with Crippen LogP contribution < -0.4 is 11.1 Å². The van der Waals surface area contributed by atoms with Gasteiger partial charge in [-0.05, 0) is 25.3 Å². The minimum absolute atomic E-state index is 0.181. The molecule has 5 nitrogen and oxygen atoms in total. The lowest BCUT2D eigenvalue weighted by atomic mass is 10.1. The van der Waals surface area contributed by atoms with E-state index in [9.17, 15) is 17.6 Å². The van der Waals surface area contributed by atoms with Crippen LogP contribution in [0.2, 0.25) is 0 Å². The lowest BCUT2D eigenvalue weighted by molar-refractivity contribution is -0.140. The van der Waals surface area contributed by atoms with Gasteiger partial charge in [-0.25, -0.2) is 8.78 Å². The summed E-state index contributed by atoms with van der Waals surface area (Å²) in [7, 11) is 0. The van der Waals surface area contributed by atoms with E-state index in [2.05, 4.69) is 20.3 Å². The van der Waals surface area contributed by atoms with Gasteiger partial charge in [0.1, 0.15) is 0 Å². The highest BCUT2D eigenvalue weighted by molar-refractivity contribution is 5.33. The first kappa shape index (κ1) is 17.9. The van der Waals surface area contributed by atoms with Gasteiger partial charge in [0, 0.05) is 6.04 Å². The van der Waals surface area contributed by atoms with Crippen molar-refractivity contribution in [1.82, 2.24) is 15.0 Å². The maximum absolute atomic E-state index is 13.4. The van der Waals surface area contributed by atoms with Crippen molar-refractivity contribution in [3.05, 3.63) is 41.7 Å². The molecule has 0 spiro atoms. The Morgan fingerprint density at radius 3 is 2.42 bits per heavy atom. The monoisotopic (exact) mass is 343 g/mol. The van der Waals surface area contributed by atoms with E-state index in [1.807, 2.05) is 30.3 Å². The van der Waals surface area contributed by atoms with Gasteiger partial charge in [-0.2, -0.15) is 23.7 Å². The highest BCUT2D eigenvalue weighted by Gasteiger charge is 2.46. The summed E-state index contributed by atoms with van der Waals surface area (Å²) in [5, 5.41) is 2.78. The van der Waals surface area contributed by atoms with Crippen molar-refractivity contribution in [3.8, 4) is 0 Å². The van der Waals surface area contributed by atoms with Crippen LogP contribution in [0.4, 0.5) is 29.5 Å². The van der Waals surface area contributed by atoms with Gasteiger partial charge in [-0.3, -0.25) is 0 Å². The summed E-state index contributed by atoms with van der Waals surface area (Å²) in [5.41, 5.74) is 6.43. The Bertz CT molecular complexity index is 666. The highest BCUT2D eigenvalue weighted by atomic mass is 19.3. The molecule has 2 aromatic rings. The Morgan fingerprint density at radius 2 is 1.79 bits per heavy atom. The highest BCUT2D eigenvalue weighted by Crippen LogP contribution is 2.32. The molecule has 0 bridgehead atoms. The van der Waals surface area contributed by atoms with E-state index < -0.39 is 24.1 Å². The molecule has 1 unspecified atom stereocenters. The summed E-state index contributed by atoms with van der Waals surface area (Å²) in [4.78, 5) is 10.2. The van der Waals surface area contributed by atoms with Crippen LogP contribution in [0.25, 0.3) is 0 Å². The minimum Gasteiger partial charge on any atom is -0.368 e. The first-order valence-corrected chi connectivity index (χ1v) is 7.27. The van der Waals surface area contributed by atoms with Gasteiger partial charge in [0.05, 0.1) is 0 Å². The van der Waals surface area contributed by atoms with Crippen molar-refractivity contribution in [3.63, 3.8) is 0 Å². The number of anilines is 2. The molecular weight excluding hydrogens is 326 g/mol. The fourth-order valence-electron chi connectivity index (χ4n) is 2.02. The topological polar surface area (TPSA) is 76.7 Å². The Labute approximate surface area is 136 Å². The molecule has 3 N–H and O–H groups in total. The van der Waals surface area contributed by atoms with Crippen LogP contribution in [-0.2, 0) is 12.3 Å². The van der Waals surface area contributed by atoms with Crippen molar-refractivity contribution in [1.29, 1.82) is 0 Å². The molecule has 0 aliphatic rings. The Kier molecular flexibility index (Phi) is 5.53. The summed E-state index contributed by atoms with van der Waals surface area (Å²) in [6, 6.07) is 9.49. The molecule has 2 rings (SSSR count). The lowest BCUT2D eigenvalue weighted by Crippen LogP contribution is -2.28. The second kappa shape index (κ2) is 7.41. The van der Waals surface area contributed by atoms with E-state index in [-0.39, 0.29) is 12.0 Å². The molecule has 0 radical (unpaired) electrons. The quantitative estimate of drug-likeness (QED) is 0.755. The van der Waals surface area contributed by atoms with E-state index in [4.69, 9.17) is 5.73 Å². The summed E-state index contributed by atoms with van der Waals surface area (Å²) >= 11 is 0. The predicted octanol–water partition coefficient (Wildman–Crippen LogP) is 3.24. The average molecular weight is 343 g/mol. The summed E-state index contributed by atoms with van der Waals surface area (Å²) in [6.45, 7) is 1.80. The zero-order valence-electron chi connectivity index (χ0n) is 12.9. The van der Waals surface area contributed by atoms with Crippen molar-refractivity contribution in [2.45, 2.75) is 38.2 Å². The Balaban J connectivity index is 2.05. The molecule has 1 heterocycles. The van der Waals surface area contributed by atoms with Crippen LogP contribution in [0.3, 0.4) is 0 Å². The maximum atomic E-state index is 13.4. The van der Waals surface area contributed by atoms with Crippen LogP contribution in [-0.4, -0.2) is 27.4 Å². The van der Waals surface area contributed by atoms with Gasteiger partial charge in [0.15, 0.2) is 0 Å². The molecule has 0 aliphatic carbocycles. The van der Waals surface area contributed by atoms with E-state index in [0.717, 1.165) is 12.0 Å². The van der Waals surface area contributed by atoms with Crippen LogP contribution >= 0.6 is 0 Å². The summed E-state index contributed by atoms with van der Waals surface area (Å²) < 4.78 is 51.6. The zero-order chi connectivity index (χ0) is 17.7. The van der Waals surface area contributed by atoms with Gasteiger partial charge in [0.25, 0.3) is 0 Å². The normalized spacial score (nSPS) is 13.1. The number of hydrogen-bond donors (Lipinski definition) is 2. The number of nitrogen functional groups attached to an aromatic ring is 1. The molecule has 0 saturated carbocycles. The van der Waals surface area contributed by atoms with Crippen molar-refractivity contribution in [2.24, 2.45) is 0 Å². The van der Waals surface area contributed by atoms with Crippen molar-refractivity contribution in [2.75, 3.05) is 11.1 Å². The lowest BCUT2D eigenvalue weighted by Gasteiger charge is -2.17. The van der Waals surface area contributed by atoms with E-state index in [1.54, 1.807) is 6.92 Å². The number of aryl methyl sites for hydroxylation is 1. The third kappa shape index (κ3) is 4.53. The third-order valence-electron chi connectivity index (χ3n) is 3.31. The van der Waals surface area contributed by atoms with E-state index in [1.165, 1.54) is 0 Å². The Morgan fingerprint density at radius 1 is 1.12 bits per heavy atom. The molecule has 24 heavy (non-hydrogen) atoms. The molecular formula is C15H17F4N5. The fraction of sp³-hybridized carbons (Fsp3) is 0.400. The second-order valence-corrected chi connectivity index (χ2v) is 5.33. The number of rotatable bonds is 7. The molecule has 130 valence electrons. The molecule has 0 amide bonds. The van der Waals surface area contributed by atoms with E-state index in [0.29, 0.717) is 6.42 Å². The third-order valence-corrected chi connectivity index (χ3v) is 3.31. The zero-order valence-corrected chi connectivity index (χ0v) is 12.9. The Hall–Kier alpha value is -2.45. The molecule has 0 saturated heterocycles. The van der Waals surface area contributed by atoms with Gasteiger partial charge in [-0.1, -0.05) is 30.3 Å². The maximum Gasteiger partial charge on any atom is 0.365 e. The largest absolute Gasteiger partial charge is 0.368 e. The standard InChI is InChI=1S/C15H17F4N5/c1-9(7-8-10-5-3-2-4-6-10)21-14-23-12(22-13(20)24-14)15(18,19)11(16)17/h2-6,9,11H,7-8H2,1H3,(H3,20,21,22,23,24). The molecule has 1 aromatic carbocycles. The number of benzene rings is 1. The van der Waals surface area contributed by atoms with Crippen LogP contribution in [0.1, 0.15) is 24.7 Å². The van der Waals surface area contributed by atoms with Gasteiger partial charge in [-0.15, -0.1) is 0 Å². The first-order valence-electron chi connectivity index (χ1n) is 7.27. The second-order valence-electron chi connectivity index (χ2n) is 5.33. The van der Waals surface area contributed by atoms with E-state index >= 15 is 0 Å². The first-order chi connectivity index (χ1) is 11.3. The van der Waals surface area contributed by atoms with Crippen LogP contribution in [0, 0.1) is 0 Å². The molecule has 1 aromatic heterocycles. The number of hydrogen-bond acceptors (Lipinski definition) is 5. The predicted molar refractivity (Wildman–Crippen MR) is 82.0 cm³/mol. The average Bonchev–Trinajstić information content (AvgIpc) is 2.53. The minimum atomic E-state index is -4.49. The van der Waals surface area contributed by atoms with Gasteiger partial charge in [0.2, 0.25) is 17.7 Å². The number of halogens is 4. The number of aromatic nitrogens is 3. The van der Waals surface area contributed by atoms with Crippen molar-refractivity contribution >= 4 is 11.9 Å². The summed E-state index contributed by atoms with van der Waals surface area (Å²) in [5.74, 6) is -6.62. The summed E-state index contributed by atoms with van der Waals surface area (Å²) in [6.07, 6.45) is -2.52. The SMILES string of the molecule is CC(CCc1ccccc1)Nc1nc(N)nc(C(F)(F)C(F)F)n1. The fourth-order valence-corrected chi connectivity index (χ4v) is 2.02. The van der Waals surface area contributed by atoms with Gasteiger partial charge < -0.3 is 11.1 Å². The molecule has 1 atom stereocenters.